The van der Waals surface area contributed by atoms with E-state index >= 15 is 0 Å². The van der Waals surface area contributed by atoms with Crippen molar-refractivity contribution in [1.82, 2.24) is 14.9 Å². The molecule has 0 aliphatic carbocycles. The number of hydrogen-bond acceptors (Lipinski definition) is 7. The molecule has 1 saturated heterocycles. The number of benzene rings is 2. The SMILES string of the molecule is CCN1CCN(c2ccc(Nc3cc(N(C)C(=O)Nc4c(Cl)ccc(OC)c4Cl)ncn3)cc2)CC1. The van der Waals surface area contributed by atoms with Crippen molar-refractivity contribution in [3.05, 3.63) is 58.8 Å². The third kappa shape index (κ3) is 5.92. The average molecular weight is 530 g/mol. The minimum atomic E-state index is -0.468. The summed E-state index contributed by atoms with van der Waals surface area (Å²) >= 11 is 12.5. The number of urea groups is 1. The van der Waals surface area contributed by atoms with Crippen LogP contribution in [0.5, 0.6) is 5.75 Å². The predicted molar refractivity (Wildman–Crippen MR) is 147 cm³/mol. The van der Waals surface area contributed by atoms with Crippen LogP contribution in [-0.2, 0) is 0 Å². The van der Waals surface area contributed by atoms with Gasteiger partial charge in [-0.05, 0) is 42.9 Å². The first-order valence-electron chi connectivity index (χ1n) is 11.6. The molecule has 0 spiro atoms. The van der Waals surface area contributed by atoms with Crippen molar-refractivity contribution in [2.45, 2.75) is 6.92 Å². The van der Waals surface area contributed by atoms with Crippen LogP contribution in [0.2, 0.25) is 10.0 Å². The molecule has 9 nitrogen and oxygen atoms in total. The van der Waals surface area contributed by atoms with E-state index in [2.05, 4.69) is 49.5 Å². The molecule has 36 heavy (non-hydrogen) atoms. The number of carbonyl (C=O) groups excluding carboxylic acids is 1. The lowest BCUT2D eigenvalue weighted by Crippen LogP contribution is -2.46. The maximum atomic E-state index is 12.9. The van der Waals surface area contributed by atoms with Gasteiger partial charge in [0.15, 0.2) is 0 Å². The van der Waals surface area contributed by atoms with Crippen LogP contribution < -0.4 is 25.2 Å². The summed E-state index contributed by atoms with van der Waals surface area (Å²) in [5.41, 5.74) is 2.35. The molecular formula is C25H29Cl2N7O2. The van der Waals surface area contributed by atoms with Gasteiger partial charge in [0.2, 0.25) is 0 Å². The minimum Gasteiger partial charge on any atom is -0.495 e. The number of hydrogen-bond donors (Lipinski definition) is 2. The monoisotopic (exact) mass is 529 g/mol. The topological polar surface area (TPSA) is 85.9 Å². The summed E-state index contributed by atoms with van der Waals surface area (Å²) in [7, 11) is 3.08. The van der Waals surface area contributed by atoms with E-state index in [0.29, 0.717) is 22.4 Å². The Kier molecular flexibility index (Phi) is 8.35. The molecule has 190 valence electrons. The fraction of sp³-hybridized carbons (Fsp3) is 0.320. The van der Waals surface area contributed by atoms with Gasteiger partial charge in [-0.15, -0.1) is 0 Å². The molecule has 0 radical (unpaired) electrons. The number of aromatic nitrogens is 2. The second kappa shape index (κ2) is 11.6. The molecule has 0 saturated carbocycles. The second-order valence-electron chi connectivity index (χ2n) is 8.28. The zero-order chi connectivity index (χ0) is 25.7. The van der Waals surface area contributed by atoms with Crippen LogP contribution in [0.3, 0.4) is 0 Å². The van der Waals surface area contributed by atoms with E-state index in [9.17, 15) is 4.79 Å². The Balaban J connectivity index is 1.41. The normalized spacial score (nSPS) is 13.9. The summed E-state index contributed by atoms with van der Waals surface area (Å²) in [5, 5.41) is 6.50. The molecule has 4 rings (SSSR count). The lowest BCUT2D eigenvalue weighted by Gasteiger charge is -2.35. The van der Waals surface area contributed by atoms with Gasteiger partial charge in [0.25, 0.3) is 0 Å². The number of anilines is 5. The van der Waals surface area contributed by atoms with Crippen LogP contribution >= 0.6 is 23.2 Å². The minimum absolute atomic E-state index is 0.215. The fourth-order valence-electron chi connectivity index (χ4n) is 3.93. The molecule has 2 aromatic carbocycles. The number of ether oxygens (including phenoxy) is 1. The second-order valence-corrected chi connectivity index (χ2v) is 9.07. The molecule has 0 unspecified atom stereocenters. The molecule has 1 aromatic heterocycles. The van der Waals surface area contributed by atoms with Gasteiger partial charge in [-0.3, -0.25) is 4.90 Å². The number of piperazine rings is 1. The van der Waals surface area contributed by atoms with Gasteiger partial charge >= 0.3 is 6.03 Å². The van der Waals surface area contributed by atoms with Crippen molar-refractivity contribution >= 4 is 57.9 Å². The maximum Gasteiger partial charge on any atom is 0.327 e. The van der Waals surface area contributed by atoms with E-state index < -0.39 is 6.03 Å². The molecule has 0 bridgehead atoms. The van der Waals surface area contributed by atoms with Crippen LogP contribution in [0.4, 0.5) is 33.5 Å². The summed E-state index contributed by atoms with van der Waals surface area (Å²) in [6.07, 6.45) is 1.40. The van der Waals surface area contributed by atoms with Crippen LogP contribution in [0.1, 0.15) is 6.92 Å². The summed E-state index contributed by atoms with van der Waals surface area (Å²) in [5.74, 6) is 1.36. The third-order valence-corrected chi connectivity index (χ3v) is 6.82. The molecule has 1 aliphatic heterocycles. The van der Waals surface area contributed by atoms with Gasteiger partial charge in [0.1, 0.15) is 28.7 Å². The molecule has 1 fully saturated rings. The average Bonchev–Trinajstić information content (AvgIpc) is 2.91. The van der Waals surface area contributed by atoms with E-state index in [1.807, 2.05) is 12.1 Å². The zero-order valence-corrected chi connectivity index (χ0v) is 22.0. The van der Waals surface area contributed by atoms with Gasteiger partial charge in [0, 0.05) is 50.7 Å². The first-order valence-corrected chi connectivity index (χ1v) is 12.4. The van der Waals surface area contributed by atoms with Gasteiger partial charge in [-0.2, -0.15) is 0 Å². The Morgan fingerprint density at radius 1 is 1.08 bits per heavy atom. The summed E-state index contributed by atoms with van der Waals surface area (Å²) < 4.78 is 5.20. The van der Waals surface area contributed by atoms with Crippen molar-refractivity contribution < 1.29 is 9.53 Å². The lowest BCUT2D eigenvalue weighted by atomic mass is 10.2. The zero-order valence-electron chi connectivity index (χ0n) is 20.5. The summed E-state index contributed by atoms with van der Waals surface area (Å²) in [6, 6.07) is 12.7. The van der Waals surface area contributed by atoms with Crippen molar-refractivity contribution in [3.63, 3.8) is 0 Å². The van der Waals surface area contributed by atoms with Crippen molar-refractivity contribution in [1.29, 1.82) is 0 Å². The molecule has 3 aromatic rings. The van der Waals surface area contributed by atoms with Gasteiger partial charge in [-0.1, -0.05) is 30.1 Å². The highest BCUT2D eigenvalue weighted by Gasteiger charge is 2.19. The van der Waals surface area contributed by atoms with Crippen LogP contribution in [0, 0.1) is 0 Å². The first kappa shape index (κ1) is 25.8. The molecular weight excluding hydrogens is 501 g/mol. The van der Waals surface area contributed by atoms with Crippen LogP contribution in [-0.4, -0.2) is 67.8 Å². The largest absolute Gasteiger partial charge is 0.495 e. The first-order chi connectivity index (χ1) is 17.4. The smallest absolute Gasteiger partial charge is 0.327 e. The quantitative estimate of drug-likeness (QED) is 0.426. The standard InChI is InChI=1S/C25H29Cl2N7O2/c1-4-33-11-13-34(14-12-33)18-7-5-17(6-8-18)30-21-15-22(29-16-28-21)32(2)25(35)31-24-19(26)9-10-20(36-3)23(24)27/h5-10,15-16H,4,11-14H2,1-3H3,(H,31,35)(H,28,29,30). The summed E-state index contributed by atoms with van der Waals surface area (Å²) in [4.78, 5) is 27.6. The highest BCUT2D eigenvalue weighted by atomic mass is 35.5. The van der Waals surface area contributed by atoms with Crippen molar-refractivity contribution in [2.75, 3.05) is 67.3 Å². The molecule has 2 amide bonds. The molecule has 1 aliphatic rings. The number of amides is 2. The summed E-state index contributed by atoms with van der Waals surface area (Å²) in [6.45, 7) is 7.50. The number of nitrogens with one attached hydrogen (secondary N) is 2. The number of carbonyl (C=O) groups is 1. The maximum absolute atomic E-state index is 12.9. The Morgan fingerprint density at radius 3 is 2.47 bits per heavy atom. The van der Waals surface area contributed by atoms with Crippen molar-refractivity contribution in [2.24, 2.45) is 0 Å². The lowest BCUT2D eigenvalue weighted by molar-refractivity contribution is 0.258. The Morgan fingerprint density at radius 2 is 1.81 bits per heavy atom. The van der Waals surface area contributed by atoms with Crippen LogP contribution in [0.15, 0.2) is 48.8 Å². The fourth-order valence-corrected chi connectivity index (χ4v) is 4.47. The number of likely N-dealkylation sites (N-methyl/N-ethyl adjacent to an activating group) is 1. The number of methoxy groups -OCH3 is 1. The van der Waals surface area contributed by atoms with E-state index in [1.165, 1.54) is 24.0 Å². The Hall–Kier alpha value is -3.27. The molecule has 2 heterocycles. The van der Waals surface area contributed by atoms with Gasteiger partial charge < -0.3 is 25.2 Å². The Bertz CT molecular complexity index is 1200. The predicted octanol–water partition coefficient (Wildman–Crippen LogP) is 5.35. The van der Waals surface area contributed by atoms with E-state index in [4.69, 9.17) is 27.9 Å². The molecule has 11 heteroatoms. The highest BCUT2D eigenvalue weighted by Crippen LogP contribution is 2.37. The number of halogens is 2. The molecule has 2 N–H and O–H groups in total. The number of nitrogens with zero attached hydrogens (tertiary/aromatic N) is 5. The highest BCUT2D eigenvalue weighted by molar-refractivity contribution is 6.40. The van der Waals surface area contributed by atoms with E-state index in [0.717, 1.165) is 38.4 Å². The Labute approximate surface area is 221 Å². The van der Waals surface area contributed by atoms with Crippen molar-refractivity contribution in [3.8, 4) is 5.75 Å². The van der Waals surface area contributed by atoms with E-state index in [-0.39, 0.29) is 10.7 Å². The van der Waals surface area contributed by atoms with Gasteiger partial charge in [-0.25, -0.2) is 14.8 Å². The van der Waals surface area contributed by atoms with E-state index in [1.54, 1.807) is 25.2 Å². The van der Waals surface area contributed by atoms with Crippen LogP contribution in [0.25, 0.3) is 0 Å². The van der Waals surface area contributed by atoms with Gasteiger partial charge in [0.05, 0.1) is 17.8 Å². The number of rotatable bonds is 7. The molecule has 0 atom stereocenters. The third-order valence-electron chi connectivity index (χ3n) is 6.13.